The second-order valence-corrected chi connectivity index (χ2v) is 5.00. The molecule has 5 nitrogen and oxygen atoms in total. The van der Waals surface area contributed by atoms with Crippen LogP contribution in [0.3, 0.4) is 0 Å². The number of rotatable bonds is 10. The number of aliphatic imine (C=N–C) groups is 1. The molecule has 1 heterocycles. The van der Waals surface area contributed by atoms with Gasteiger partial charge in [-0.15, -0.1) is 0 Å². The van der Waals surface area contributed by atoms with Gasteiger partial charge in [0, 0.05) is 26.3 Å². The summed E-state index contributed by atoms with van der Waals surface area (Å²) in [7, 11) is 0. The third kappa shape index (κ3) is 8.83. The van der Waals surface area contributed by atoms with Crippen molar-refractivity contribution < 1.29 is 4.74 Å². The van der Waals surface area contributed by atoms with Crippen molar-refractivity contribution in [3.8, 4) is 0 Å². The molecule has 0 atom stereocenters. The number of nitrogens with two attached hydrogens (primary N) is 1. The lowest BCUT2D eigenvalue weighted by Crippen LogP contribution is -2.33. The van der Waals surface area contributed by atoms with Crippen LogP contribution in [0.5, 0.6) is 0 Å². The van der Waals surface area contributed by atoms with Gasteiger partial charge in [-0.25, -0.2) is 0 Å². The normalized spacial score (nSPS) is 17.0. The highest BCUT2D eigenvalue weighted by atomic mass is 16.5. The Bertz CT molecular complexity index is 240. The first-order valence-corrected chi connectivity index (χ1v) is 7.67. The molecule has 1 saturated heterocycles. The van der Waals surface area contributed by atoms with Crippen LogP contribution >= 0.6 is 0 Å². The fourth-order valence-corrected chi connectivity index (χ4v) is 2.25. The fourth-order valence-electron chi connectivity index (χ4n) is 2.25. The lowest BCUT2D eigenvalue weighted by molar-refractivity contribution is 0.146. The van der Waals surface area contributed by atoms with Crippen LogP contribution in [0.2, 0.25) is 0 Å². The van der Waals surface area contributed by atoms with Gasteiger partial charge < -0.3 is 20.7 Å². The van der Waals surface area contributed by atoms with Crippen molar-refractivity contribution >= 4 is 5.96 Å². The third-order valence-corrected chi connectivity index (χ3v) is 3.34. The van der Waals surface area contributed by atoms with Crippen molar-refractivity contribution in [2.24, 2.45) is 10.7 Å². The first-order chi connectivity index (χ1) is 9.33. The van der Waals surface area contributed by atoms with Gasteiger partial charge >= 0.3 is 0 Å². The van der Waals surface area contributed by atoms with Crippen LogP contribution in [0.4, 0.5) is 0 Å². The summed E-state index contributed by atoms with van der Waals surface area (Å²) in [6, 6.07) is 0. The van der Waals surface area contributed by atoms with Gasteiger partial charge in [0.25, 0.3) is 0 Å². The van der Waals surface area contributed by atoms with E-state index in [0.717, 1.165) is 39.1 Å². The van der Waals surface area contributed by atoms with Gasteiger partial charge in [-0.3, -0.25) is 4.99 Å². The summed E-state index contributed by atoms with van der Waals surface area (Å²) in [6.07, 6.45) is 6.08. The molecule has 0 aromatic rings. The van der Waals surface area contributed by atoms with Gasteiger partial charge in [0.1, 0.15) is 0 Å². The second-order valence-electron chi connectivity index (χ2n) is 5.00. The Hall–Kier alpha value is -0.810. The highest BCUT2D eigenvalue weighted by Gasteiger charge is 2.09. The average Bonchev–Trinajstić information content (AvgIpc) is 2.91. The van der Waals surface area contributed by atoms with Crippen LogP contribution in [0.1, 0.15) is 39.0 Å². The highest BCUT2D eigenvalue weighted by Crippen LogP contribution is 2.07. The molecule has 0 unspecified atom stereocenters. The summed E-state index contributed by atoms with van der Waals surface area (Å²) in [5.74, 6) is 0.567. The first kappa shape index (κ1) is 16.2. The maximum atomic E-state index is 5.78. The van der Waals surface area contributed by atoms with Crippen LogP contribution < -0.4 is 11.1 Å². The largest absolute Gasteiger partial charge is 0.382 e. The molecule has 0 amide bonds. The number of ether oxygens (including phenoxy) is 1. The van der Waals surface area contributed by atoms with Crippen molar-refractivity contribution in [3.05, 3.63) is 0 Å². The van der Waals surface area contributed by atoms with Crippen LogP contribution in [0, 0.1) is 0 Å². The molecular formula is C14H30N4O. The SMILES string of the molecule is CCOCCCN=C(N)NCCCCN1CCCC1. The van der Waals surface area contributed by atoms with Crippen LogP contribution in [0.15, 0.2) is 4.99 Å². The standard InChI is InChI=1S/C14H30N4O/c1-2-19-13-7-9-17-14(15)16-8-3-4-10-18-11-5-6-12-18/h2-13H2,1H3,(H3,15,16,17). The summed E-state index contributed by atoms with van der Waals surface area (Å²) in [4.78, 5) is 6.81. The molecule has 1 aliphatic heterocycles. The van der Waals surface area contributed by atoms with E-state index in [2.05, 4.69) is 15.2 Å². The molecule has 1 rings (SSSR count). The first-order valence-electron chi connectivity index (χ1n) is 7.67. The molecule has 0 saturated carbocycles. The Kier molecular flexibility index (Phi) is 9.45. The molecule has 0 aliphatic carbocycles. The zero-order valence-corrected chi connectivity index (χ0v) is 12.4. The Morgan fingerprint density at radius 3 is 2.79 bits per heavy atom. The van der Waals surface area contributed by atoms with Gasteiger partial charge in [-0.1, -0.05) is 0 Å². The van der Waals surface area contributed by atoms with E-state index in [4.69, 9.17) is 10.5 Å². The van der Waals surface area contributed by atoms with Crippen molar-refractivity contribution in [3.63, 3.8) is 0 Å². The highest BCUT2D eigenvalue weighted by molar-refractivity contribution is 5.77. The summed E-state index contributed by atoms with van der Waals surface area (Å²) in [5.41, 5.74) is 5.78. The molecule has 19 heavy (non-hydrogen) atoms. The van der Waals surface area contributed by atoms with Gasteiger partial charge in [0.05, 0.1) is 0 Å². The van der Waals surface area contributed by atoms with Gasteiger partial charge in [0.2, 0.25) is 0 Å². The number of nitrogens with one attached hydrogen (secondary N) is 1. The van der Waals surface area contributed by atoms with E-state index in [1.807, 2.05) is 6.92 Å². The van der Waals surface area contributed by atoms with E-state index >= 15 is 0 Å². The van der Waals surface area contributed by atoms with Crippen LogP contribution in [0.25, 0.3) is 0 Å². The summed E-state index contributed by atoms with van der Waals surface area (Å²) in [5, 5.41) is 3.17. The smallest absolute Gasteiger partial charge is 0.188 e. The molecule has 0 spiro atoms. The zero-order chi connectivity index (χ0) is 13.8. The van der Waals surface area contributed by atoms with E-state index in [0.29, 0.717) is 5.96 Å². The van der Waals surface area contributed by atoms with Crippen LogP contribution in [-0.2, 0) is 4.74 Å². The van der Waals surface area contributed by atoms with E-state index in [1.165, 1.54) is 38.9 Å². The molecule has 1 aliphatic rings. The number of likely N-dealkylation sites (tertiary alicyclic amines) is 1. The maximum absolute atomic E-state index is 5.78. The predicted molar refractivity (Wildman–Crippen MR) is 80.5 cm³/mol. The average molecular weight is 270 g/mol. The van der Waals surface area contributed by atoms with Gasteiger partial charge in [0.15, 0.2) is 5.96 Å². The molecular weight excluding hydrogens is 240 g/mol. The van der Waals surface area contributed by atoms with Crippen LogP contribution in [-0.4, -0.2) is 56.8 Å². The quantitative estimate of drug-likeness (QED) is 0.356. The number of hydrogen-bond donors (Lipinski definition) is 2. The molecule has 1 fully saturated rings. The Balaban J connectivity index is 1.88. The molecule has 0 radical (unpaired) electrons. The molecule has 5 heteroatoms. The number of hydrogen-bond acceptors (Lipinski definition) is 3. The Morgan fingerprint density at radius 2 is 2.05 bits per heavy atom. The van der Waals surface area contributed by atoms with Crippen molar-refractivity contribution in [1.82, 2.24) is 10.2 Å². The van der Waals surface area contributed by atoms with Crippen molar-refractivity contribution in [2.45, 2.75) is 39.0 Å². The summed E-state index contributed by atoms with van der Waals surface area (Å²) < 4.78 is 5.24. The molecule has 112 valence electrons. The summed E-state index contributed by atoms with van der Waals surface area (Å²) >= 11 is 0. The minimum Gasteiger partial charge on any atom is -0.382 e. The second kappa shape index (κ2) is 11.1. The molecule has 0 bridgehead atoms. The van der Waals surface area contributed by atoms with E-state index in [1.54, 1.807) is 0 Å². The lowest BCUT2D eigenvalue weighted by Gasteiger charge is -2.14. The Morgan fingerprint density at radius 1 is 1.26 bits per heavy atom. The molecule has 3 N–H and O–H groups in total. The number of nitrogens with zero attached hydrogens (tertiary/aromatic N) is 2. The van der Waals surface area contributed by atoms with Gasteiger partial charge in [-0.2, -0.15) is 0 Å². The fraction of sp³-hybridized carbons (Fsp3) is 0.929. The summed E-state index contributed by atoms with van der Waals surface area (Å²) in [6.45, 7) is 9.01. The zero-order valence-electron chi connectivity index (χ0n) is 12.4. The predicted octanol–water partition coefficient (Wildman–Crippen LogP) is 1.19. The maximum Gasteiger partial charge on any atom is 0.188 e. The number of unbranched alkanes of at least 4 members (excludes halogenated alkanes) is 1. The lowest BCUT2D eigenvalue weighted by atomic mass is 10.3. The topological polar surface area (TPSA) is 62.9 Å². The minimum absolute atomic E-state index is 0.567. The Labute approximate surface area is 117 Å². The molecule has 0 aromatic carbocycles. The monoisotopic (exact) mass is 270 g/mol. The van der Waals surface area contributed by atoms with E-state index < -0.39 is 0 Å². The third-order valence-electron chi connectivity index (χ3n) is 3.34. The minimum atomic E-state index is 0.567. The van der Waals surface area contributed by atoms with E-state index in [9.17, 15) is 0 Å². The molecule has 0 aromatic heterocycles. The van der Waals surface area contributed by atoms with Crippen molar-refractivity contribution in [2.75, 3.05) is 45.9 Å². The van der Waals surface area contributed by atoms with Crippen molar-refractivity contribution in [1.29, 1.82) is 0 Å². The number of guanidine groups is 1. The van der Waals surface area contributed by atoms with E-state index in [-0.39, 0.29) is 0 Å². The van der Waals surface area contributed by atoms with Gasteiger partial charge in [-0.05, 0) is 58.7 Å².